The van der Waals surface area contributed by atoms with Crippen LogP contribution in [0, 0.1) is 0 Å². The average Bonchev–Trinajstić information content (AvgIpc) is 1.78. The van der Waals surface area contributed by atoms with Gasteiger partial charge in [0.15, 0.2) is 0 Å². The minimum atomic E-state index is -5.87. The zero-order chi connectivity index (χ0) is 11.6. The van der Waals surface area contributed by atoms with Crippen molar-refractivity contribution in [3.8, 4) is 0 Å². The van der Waals surface area contributed by atoms with Gasteiger partial charge < -0.3 is 24.1 Å². The Balaban J connectivity index is -0.000000282. The van der Waals surface area contributed by atoms with Crippen LogP contribution in [-0.4, -0.2) is 12.0 Å². The van der Waals surface area contributed by atoms with E-state index in [1.165, 1.54) is 0 Å². The van der Waals surface area contributed by atoms with E-state index in [-0.39, 0.29) is 88.7 Å². The predicted molar refractivity (Wildman–Crippen MR) is 34.2 cm³/mol. The minimum Gasteiger partial charge on any atom is -0.790 e. The molecule has 0 aliphatic carbocycles. The fraction of sp³-hybridized carbons (Fsp3) is 1.00. The fourth-order valence-corrected chi connectivity index (χ4v) is 2.94. The Morgan fingerprint density at radius 2 is 1.29 bits per heavy atom. The maximum Gasteiger partial charge on any atom is 1.00 e. The molecule has 0 saturated heterocycles. The molecular formula is CH4Na3O10P3. The first-order chi connectivity index (χ1) is 5.97. The summed E-state index contributed by atoms with van der Waals surface area (Å²) in [6.07, 6.45) is 0. The van der Waals surface area contributed by atoms with E-state index in [4.69, 9.17) is 4.89 Å². The van der Waals surface area contributed by atoms with Gasteiger partial charge in [0.25, 0.3) is 7.82 Å². The smallest absolute Gasteiger partial charge is 0.790 e. The van der Waals surface area contributed by atoms with Crippen LogP contribution in [-0.2, 0) is 26.8 Å². The molecule has 0 heterocycles. The first-order valence-electron chi connectivity index (χ1n) is 2.62. The van der Waals surface area contributed by atoms with Crippen molar-refractivity contribution < 1.29 is 135 Å². The summed E-state index contributed by atoms with van der Waals surface area (Å²) in [4.78, 5) is 38.5. The molecule has 0 aromatic carbocycles. The maximum absolute atomic E-state index is 10.4. The quantitative estimate of drug-likeness (QED) is 0.375. The predicted octanol–water partition coefficient (Wildman–Crippen LogP) is -10.9. The molecule has 0 aliphatic heterocycles. The third-order valence-corrected chi connectivity index (χ3v) is 4.32. The molecule has 0 rings (SSSR count). The zero-order valence-electron chi connectivity index (χ0n) is 9.46. The molecule has 0 saturated carbocycles. The maximum atomic E-state index is 10.4. The Labute approximate surface area is 163 Å². The second-order valence-corrected chi connectivity index (χ2v) is 6.11. The standard InChI is InChI=1S/CH7O10P3.3Na/c1-9-13(5,6)11-14(7,8)10-12(2,3)4;;;/h1H3,(H,5,6)(H,7,8)(H2,2,3,4);;;/q;3*+1/p-3. The van der Waals surface area contributed by atoms with Crippen LogP contribution in [0.3, 0.4) is 0 Å². The van der Waals surface area contributed by atoms with Gasteiger partial charge in [-0.2, -0.15) is 0 Å². The monoisotopic (exact) mass is 338 g/mol. The SMILES string of the molecule is COP(=O)(O)OP(=O)([O-])OP(=O)([O-])[O-].[Na+].[Na+].[Na+]. The van der Waals surface area contributed by atoms with Crippen LogP contribution in [0.15, 0.2) is 0 Å². The summed E-state index contributed by atoms with van der Waals surface area (Å²) in [5, 5.41) is 0. The molecule has 16 heteroatoms. The van der Waals surface area contributed by atoms with Crippen LogP contribution < -0.4 is 103 Å². The van der Waals surface area contributed by atoms with Crippen molar-refractivity contribution >= 4 is 23.5 Å². The molecule has 0 amide bonds. The Morgan fingerprint density at radius 1 is 0.941 bits per heavy atom. The van der Waals surface area contributed by atoms with E-state index in [1.54, 1.807) is 0 Å². The van der Waals surface area contributed by atoms with Gasteiger partial charge in [-0.15, -0.1) is 0 Å². The molecule has 2 atom stereocenters. The zero-order valence-corrected chi connectivity index (χ0v) is 18.1. The van der Waals surface area contributed by atoms with E-state index in [0.29, 0.717) is 7.11 Å². The number of hydrogen-bond acceptors (Lipinski definition) is 9. The minimum absolute atomic E-state index is 0. The van der Waals surface area contributed by atoms with Crippen LogP contribution in [0.25, 0.3) is 0 Å². The van der Waals surface area contributed by atoms with Gasteiger partial charge in [-0.05, 0) is 0 Å². The van der Waals surface area contributed by atoms with Gasteiger partial charge in [-0.25, -0.2) is 8.88 Å². The molecule has 0 aliphatic rings. The van der Waals surface area contributed by atoms with E-state index in [1.807, 2.05) is 0 Å². The van der Waals surface area contributed by atoms with E-state index >= 15 is 0 Å². The van der Waals surface area contributed by atoms with Gasteiger partial charge in [0.2, 0.25) is 0 Å². The first kappa shape index (κ1) is 28.6. The van der Waals surface area contributed by atoms with Crippen LogP contribution in [0.4, 0.5) is 0 Å². The normalized spacial score (nSPS) is 17.5. The molecule has 0 fully saturated rings. The fourth-order valence-electron chi connectivity index (χ4n) is 0.297. The summed E-state index contributed by atoms with van der Waals surface area (Å²) < 4.78 is 40.4. The summed E-state index contributed by atoms with van der Waals surface area (Å²) in [5.41, 5.74) is 0. The van der Waals surface area contributed by atoms with E-state index in [9.17, 15) is 28.4 Å². The van der Waals surface area contributed by atoms with Crippen LogP contribution in [0.1, 0.15) is 0 Å². The van der Waals surface area contributed by atoms with Crippen LogP contribution >= 0.6 is 23.5 Å². The largest absolute Gasteiger partial charge is 1.00 e. The molecule has 1 N–H and O–H groups in total. The van der Waals surface area contributed by atoms with Crippen molar-refractivity contribution in [1.82, 2.24) is 0 Å². The number of phosphoric acid groups is 3. The summed E-state index contributed by atoms with van der Waals surface area (Å²) in [6.45, 7) is 0. The second-order valence-electron chi connectivity index (χ2n) is 1.71. The van der Waals surface area contributed by atoms with E-state index in [0.717, 1.165) is 0 Å². The topological polar surface area (TPSA) is 168 Å². The molecule has 2 unspecified atom stereocenters. The Morgan fingerprint density at radius 3 is 1.53 bits per heavy atom. The third-order valence-electron chi connectivity index (χ3n) is 0.634. The van der Waals surface area contributed by atoms with Crippen molar-refractivity contribution in [1.29, 1.82) is 0 Å². The van der Waals surface area contributed by atoms with E-state index in [2.05, 4.69) is 13.1 Å². The van der Waals surface area contributed by atoms with Gasteiger partial charge in [0.1, 0.15) is 0 Å². The third kappa shape index (κ3) is 17.4. The average molecular weight is 338 g/mol. The summed E-state index contributed by atoms with van der Waals surface area (Å²) in [6, 6.07) is 0. The molecular weight excluding hydrogens is 334 g/mol. The van der Waals surface area contributed by atoms with Crippen molar-refractivity contribution in [3.63, 3.8) is 0 Å². The van der Waals surface area contributed by atoms with Crippen LogP contribution in [0.2, 0.25) is 0 Å². The summed E-state index contributed by atoms with van der Waals surface area (Å²) in [7, 11) is -16.0. The molecule has 0 bridgehead atoms. The van der Waals surface area contributed by atoms with Gasteiger partial charge in [-0.1, -0.05) is 0 Å². The van der Waals surface area contributed by atoms with Crippen molar-refractivity contribution in [2.75, 3.05) is 7.11 Å². The van der Waals surface area contributed by atoms with Gasteiger partial charge in [0.05, 0.1) is 7.82 Å². The Kier molecular flexibility index (Phi) is 18.5. The number of hydrogen-bond donors (Lipinski definition) is 1. The van der Waals surface area contributed by atoms with Crippen molar-refractivity contribution in [2.24, 2.45) is 0 Å². The van der Waals surface area contributed by atoms with Crippen LogP contribution in [0.5, 0.6) is 0 Å². The molecule has 0 aromatic rings. The van der Waals surface area contributed by atoms with Gasteiger partial charge >= 0.3 is 96.5 Å². The number of phosphoric ester groups is 1. The molecule has 86 valence electrons. The molecule has 10 nitrogen and oxygen atoms in total. The summed E-state index contributed by atoms with van der Waals surface area (Å²) >= 11 is 0. The summed E-state index contributed by atoms with van der Waals surface area (Å²) in [5.74, 6) is 0. The molecule has 0 aromatic heterocycles. The van der Waals surface area contributed by atoms with E-state index < -0.39 is 23.5 Å². The molecule has 0 radical (unpaired) electrons. The first-order valence-corrected chi connectivity index (χ1v) is 7.03. The number of rotatable bonds is 5. The molecule has 0 spiro atoms. The Hall–Kier alpha value is 3.41. The Bertz CT molecular complexity index is 336. The van der Waals surface area contributed by atoms with Gasteiger partial charge in [-0.3, -0.25) is 13.4 Å². The second kappa shape index (κ2) is 11.0. The van der Waals surface area contributed by atoms with Gasteiger partial charge in [0, 0.05) is 7.11 Å². The molecule has 17 heavy (non-hydrogen) atoms. The van der Waals surface area contributed by atoms with Crippen molar-refractivity contribution in [3.05, 3.63) is 0 Å². The van der Waals surface area contributed by atoms with Crippen molar-refractivity contribution in [2.45, 2.75) is 0 Å².